The molecule has 0 saturated carbocycles. The Morgan fingerprint density at radius 1 is 1.56 bits per heavy atom. The molecule has 0 radical (unpaired) electrons. The summed E-state index contributed by atoms with van der Waals surface area (Å²) in [6.07, 6.45) is 1.84. The molecule has 1 aliphatic rings. The van der Waals surface area contributed by atoms with Crippen LogP contribution < -0.4 is 5.32 Å². The van der Waals surface area contributed by atoms with E-state index in [0.717, 1.165) is 16.6 Å². The molecule has 4 nitrogen and oxygen atoms in total. The topological polar surface area (TPSA) is 49.4 Å². The van der Waals surface area contributed by atoms with Crippen molar-refractivity contribution in [3.63, 3.8) is 0 Å². The molecule has 1 N–H and O–H groups in total. The second kappa shape index (κ2) is 5.88. The van der Waals surface area contributed by atoms with Gasteiger partial charge in [-0.25, -0.2) is 8.42 Å². The third-order valence-corrected chi connectivity index (χ3v) is 7.68. The highest BCUT2D eigenvalue weighted by molar-refractivity contribution is 9.12. The molecule has 0 aromatic carbocycles. The Kier molecular flexibility index (Phi) is 4.88. The molecule has 2 heterocycles. The van der Waals surface area contributed by atoms with Crippen molar-refractivity contribution in [3.8, 4) is 0 Å². The fourth-order valence-corrected chi connectivity index (χ4v) is 7.65. The summed E-state index contributed by atoms with van der Waals surface area (Å²) in [4.78, 5) is 0.363. The second-order valence-electron chi connectivity index (χ2n) is 4.16. The standard InChI is InChI=1S/C10H14Br2N2O2S2/c1-13-6-7-3-2-4-14(7)18(15,16)8-5-9(11)17-10(8)12/h5,7,13H,2-4,6H2,1H3. The molecule has 0 amide bonds. The van der Waals surface area contributed by atoms with E-state index >= 15 is 0 Å². The minimum absolute atomic E-state index is 0.0607. The first-order valence-corrected chi connectivity index (χ1v) is 9.42. The van der Waals surface area contributed by atoms with Crippen molar-refractivity contribution in [2.45, 2.75) is 23.8 Å². The Morgan fingerprint density at radius 2 is 2.28 bits per heavy atom. The van der Waals surface area contributed by atoms with Crippen molar-refractivity contribution in [1.82, 2.24) is 9.62 Å². The van der Waals surface area contributed by atoms with Crippen molar-refractivity contribution in [2.24, 2.45) is 0 Å². The molecule has 1 atom stereocenters. The number of hydrogen-bond donors (Lipinski definition) is 1. The van der Waals surface area contributed by atoms with Crippen LogP contribution in [-0.4, -0.2) is 38.9 Å². The number of likely N-dealkylation sites (N-methyl/N-ethyl adjacent to an activating group) is 1. The maximum atomic E-state index is 12.6. The lowest BCUT2D eigenvalue weighted by molar-refractivity contribution is 0.379. The molecule has 0 spiro atoms. The lowest BCUT2D eigenvalue weighted by atomic mass is 10.2. The van der Waals surface area contributed by atoms with E-state index in [4.69, 9.17) is 0 Å². The highest BCUT2D eigenvalue weighted by atomic mass is 79.9. The van der Waals surface area contributed by atoms with Gasteiger partial charge in [0, 0.05) is 19.1 Å². The second-order valence-corrected chi connectivity index (χ2v) is 9.77. The molecule has 8 heteroatoms. The molecule has 18 heavy (non-hydrogen) atoms. The Balaban J connectivity index is 2.33. The van der Waals surface area contributed by atoms with Crippen molar-refractivity contribution < 1.29 is 8.42 Å². The van der Waals surface area contributed by atoms with Gasteiger partial charge in [-0.15, -0.1) is 11.3 Å². The minimum Gasteiger partial charge on any atom is -0.318 e. The maximum Gasteiger partial charge on any atom is 0.245 e. The molecule has 0 aliphatic carbocycles. The molecular formula is C10H14Br2N2O2S2. The van der Waals surface area contributed by atoms with Crippen LogP contribution in [-0.2, 0) is 10.0 Å². The van der Waals surface area contributed by atoms with Crippen LogP contribution in [0.2, 0.25) is 0 Å². The van der Waals surface area contributed by atoms with E-state index in [9.17, 15) is 8.42 Å². The SMILES string of the molecule is CNCC1CCCN1S(=O)(=O)c1cc(Br)sc1Br. The highest BCUT2D eigenvalue weighted by Crippen LogP contribution is 2.37. The number of hydrogen-bond acceptors (Lipinski definition) is 4. The monoisotopic (exact) mass is 416 g/mol. The summed E-state index contributed by atoms with van der Waals surface area (Å²) in [5, 5.41) is 3.06. The lowest BCUT2D eigenvalue weighted by Crippen LogP contribution is -2.40. The summed E-state index contributed by atoms with van der Waals surface area (Å²) in [6.45, 7) is 1.30. The quantitative estimate of drug-likeness (QED) is 0.819. The van der Waals surface area contributed by atoms with Crippen LogP contribution in [0.5, 0.6) is 0 Å². The fraction of sp³-hybridized carbons (Fsp3) is 0.600. The van der Waals surface area contributed by atoms with Crippen LogP contribution in [0, 0.1) is 0 Å². The average molecular weight is 418 g/mol. The average Bonchev–Trinajstić information content (AvgIpc) is 2.86. The molecule has 102 valence electrons. The molecule has 1 aromatic rings. The zero-order valence-corrected chi connectivity index (χ0v) is 14.6. The van der Waals surface area contributed by atoms with E-state index in [1.807, 2.05) is 7.05 Å². The zero-order chi connectivity index (χ0) is 13.3. The third kappa shape index (κ3) is 2.83. The van der Waals surface area contributed by atoms with Crippen molar-refractivity contribution in [2.75, 3.05) is 20.1 Å². The molecule has 1 aromatic heterocycles. The Hall–Kier alpha value is 0.530. The summed E-state index contributed by atoms with van der Waals surface area (Å²) < 4.78 is 28.3. The van der Waals surface area contributed by atoms with Gasteiger partial charge >= 0.3 is 0 Å². The van der Waals surface area contributed by atoms with Gasteiger partial charge in [-0.1, -0.05) is 0 Å². The summed E-state index contributed by atoms with van der Waals surface area (Å²) >= 11 is 8.03. The number of nitrogens with one attached hydrogen (secondary N) is 1. The van der Waals surface area contributed by atoms with Gasteiger partial charge in [0.1, 0.15) is 4.90 Å². The maximum absolute atomic E-state index is 12.6. The van der Waals surface area contributed by atoms with Crippen LogP contribution in [0.25, 0.3) is 0 Å². The van der Waals surface area contributed by atoms with Crippen LogP contribution >= 0.6 is 43.2 Å². The first kappa shape index (κ1) is 14.9. The van der Waals surface area contributed by atoms with Gasteiger partial charge in [0.2, 0.25) is 10.0 Å². The van der Waals surface area contributed by atoms with E-state index in [1.165, 1.54) is 11.3 Å². The van der Waals surface area contributed by atoms with E-state index in [-0.39, 0.29) is 6.04 Å². The number of nitrogens with zero attached hydrogens (tertiary/aromatic N) is 1. The Labute approximate surface area is 128 Å². The van der Waals surface area contributed by atoms with Crippen LogP contribution in [0.3, 0.4) is 0 Å². The zero-order valence-electron chi connectivity index (χ0n) is 9.82. The van der Waals surface area contributed by atoms with Gasteiger partial charge in [-0.2, -0.15) is 4.31 Å². The summed E-state index contributed by atoms with van der Waals surface area (Å²) in [6, 6.07) is 1.73. The molecule has 1 fully saturated rings. The van der Waals surface area contributed by atoms with Crippen LogP contribution in [0.15, 0.2) is 18.5 Å². The first-order chi connectivity index (χ1) is 8.46. The highest BCUT2D eigenvalue weighted by Gasteiger charge is 2.36. The Bertz CT molecular complexity index is 530. The smallest absolute Gasteiger partial charge is 0.245 e. The number of rotatable bonds is 4. The number of thiophene rings is 1. The molecule has 1 saturated heterocycles. The largest absolute Gasteiger partial charge is 0.318 e. The molecule has 1 unspecified atom stereocenters. The predicted molar refractivity (Wildman–Crippen MR) is 80.6 cm³/mol. The predicted octanol–water partition coefficient (Wildman–Crippen LogP) is 2.65. The van der Waals surface area contributed by atoms with Gasteiger partial charge in [0.15, 0.2) is 0 Å². The summed E-state index contributed by atoms with van der Waals surface area (Å²) in [5.41, 5.74) is 0. The van der Waals surface area contributed by atoms with Gasteiger partial charge in [-0.05, 0) is 57.8 Å². The van der Waals surface area contributed by atoms with Gasteiger partial charge < -0.3 is 5.32 Å². The van der Waals surface area contributed by atoms with Crippen LogP contribution in [0.4, 0.5) is 0 Å². The van der Waals surface area contributed by atoms with Gasteiger partial charge in [0.05, 0.1) is 7.57 Å². The van der Waals surface area contributed by atoms with Crippen LogP contribution in [0.1, 0.15) is 12.8 Å². The lowest BCUT2D eigenvalue weighted by Gasteiger charge is -2.23. The Morgan fingerprint density at radius 3 is 2.83 bits per heavy atom. The van der Waals surface area contributed by atoms with E-state index in [0.29, 0.717) is 21.8 Å². The van der Waals surface area contributed by atoms with Crippen molar-refractivity contribution in [1.29, 1.82) is 0 Å². The molecule has 1 aliphatic heterocycles. The molecule has 0 bridgehead atoms. The number of sulfonamides is 1. The van der Waals surface area contributed by atoms with Gasteiger partial charge in [0.25, 0.3) is 0 Å². The minimum atomic E-state index is -3.39. The summed E-state index contributed by atoms with van der Waals surface area (Å²) in [5.74, 6) is 0. The fourth-order valence-electron chi connectivity index (χ4n) is 2.19. The van der Waals surface area contributed by atoms with E-state index in [2.05, 4.69) is 37.2 Å². The third-order valence-electron chi connectivity index (χ3n) is 2.97. The van der Waals surface area contributed by atoms with E-state index in [1.54, 1.807) is 10.4 Å². The number of halogens is 2. The normalized spacial score (nSPS) is 21.6. The molecule has 2 rings (SSSR count). The van der Waals surface area contributed by atoms with Gasteiger partial charge in [-0.3, -0.25) is 0 Å². The van der Waals surface area contributed by atoms with Crippen molar-refractivity contribution >= 4 is 53.2 Å². The summed E-state index contributed by atoms with van der Waals surface area (Å²) in [7, 11) is -1.55. The molecular weight excluding hydrogens is 404 g/mol. The van der Waals surface area contributed by atoms with Crippen molar-refractivity contribution in [3.05, 3.63) is 13.6 Å². The van der Waals surface area contributed by atoms with E-state index < -0.39 is 10.0 Å². The first-order valence-electron chi connectivity index (χ1n) is 5.58.